The number of hydrogen-bond donors (Lipinski definition) is 2. The lowest BCUT2D eigenvalue weighted by molar-refractivity contribution is -0.384. The third-order valence-electron chi connectivity index (χ3n) is 5.01. The lowest BCUT2D eigenvalue weighted by Crippen LogP contribution is -2.24. The van der Waals surface area contributed by atoms with Crippen LogP contribution in [0.1, 0.15) is 23.7 Å². The van der Waals surface area contributed by atoms with Crippen molar-refractivity contribution in [1.29, 1.82) is 0 Å². The molecule has 4 aromatic rings. The van der Waals surface area contributed by atoms with Crippen molar-refractivity contribution >= 4 is 16.7 Å². The standard InChI is InChI=1S/C22H18N4O5/c27-19(14-8-10-23-20(28)12-14)7-6-16-11-15-3-2-9-24-21(15)25(22(16)29)17-4-1-5-18(13-17)26(30)31/h1-5,8-13,19,27H,6-7H2,(H,23,28). The van der Waals surface area contributed by atoms with E-state index < -0.39 is 11.0 Å². The lowest BCUT2D eigenvalue weighted by atomic mass is 10.0. The second-order valence-electron chi connectivity index (χ2n) is 7.04. The van der Waals surface area contributed by atoms with Crippen LogP contribution in [-0.4, -0.2) is 24.6 Å². The molecule has 4 rings (SSSR count). The highest BCUT2D eigenvalue weighted by atomic mass is 16.6. The van der Waals surface area contributed by atoms with Crippen molar-refractivity contribution in [2.45, 2.75) is 18.9 Å². The summed E-state index contributed by atoms with van der Waals surface area (Å²) < 4.78 is 1.34. The summed E-state index contributed by atoms with van der Waals surface area (Å²) in [5, 5.41) is 22.3. The number of fused-ring (bicyclic) bond motifs is 1. The molecular weight excluding hydrogens is 400 g/mol. The number of benzene rings is 1. The van der Waals surface area contributed by atoms with E-state index in [4.69, 9.17) is 0 Å². The average Bonchev–Trinajstić information content (AvgIpc) is 2.77. The lowest BCUT2D eigenvalue weighted by Gasteiger charge is -2.14. The van der Waals surface area contributed by atoms with Crippen LogP contribution in [-0.2, 0) is 6.42 Å². The van der Waals surface area contributed by atoms with Gasteiger partial charge in [-0.05, 0) is 48.7 Å². The number of nitrogens with one attached hydrogen (secondary N) is 1. The Kier molecular flexibility index (Phi) is 5.42. The first-order valence-corrected chi connectivity index (χ1v) is 9.55. The van der Waals surface area contributed by atoms with Crippen LogP contribution in [0.5, 0.6) is 0 Å². The van der Waals surface area contributed by atoms with Crippen LogP contribution in [0.25, 0.3) is 16.7 Å². The van der Waals surface area contributed by atoms with Crippen LogP contribution in [0.3, 0.4) is 0 Å². The van der Waals surface area contributed by atoms with Crippen molar-refractivity contribution in [2.24, 2.45) is 0 Å². The minimum Gasteiger partial charge on any atom is -0.388 e. The quantitative estimate of drug-likeness (QED) is 0.366. The Hall–Kier alpha value is -4.11. The number of aromatic nitrogens is 3. The van der Waals surface area contributed by atoms with Crippen molar-refractivity contribution < 1.29 is 10.0 Å². The summed E-state index contributed by atoms with van der Waals surface area (Å²) in [6, 6.07) is 14.0. The number of hydrogen-bond acceptors (Lipinski definition) is 6. The van der Waals surface area contributed by atoms with Gasteiger partial charge in [0.2, 0.25) is 5.56 Å². The molecule has 3 aromatic heterocycles. The van der Waals surface area contributed by atoms with E-state index in [1.165, 1.54) is 35.0 Å². The molecule has 0 aliphatic carbocycles. The molecule has 0 aliphatic heterocycles. The fourth-order valence-corrected chi connectivity index (χ4v) is 3.49. The van der Waals surface area contributed by atoms with Crippen molar-refractivity contribution in [3.63, 3.8) is 0 Å². The molecule has 1 aromatic carbocycles. The Bertz CT molecular complexity index is 1390. The summed E-state index contributed by atoms with van der Waals surface area (Å²) in [7, 11) is 0. The Morgan fingerprint density at radius 3 is 2.74 bits per heavy atom. The van der Waals surface area contributed by atoms with Crippen LogP contribution in [0, 0.1) is 10.1 Å². The molecule has 3 heterocycles. The smallest absolute Gasteiger partial charge is 0.271 e. The van der Waals surface area contributed by atoms with Crippen molar-refractivity contribution in [2.75, 3.05) is 0 Å². The number of rotatable bonds is 6. The van der Waals surface area contributed by atoms with Gasteiger partial charge in [0.25, 0.3) is 11.2 Å². The van der Waals surface area contributed by atoms with Gasteiger partial charge in [-0.15, -0.1) is 0 Å². The summed E-state index contributed by atoms with van der Waals surface area (Å²) in [6.07, 6.45) is 2.55. The molecule has 0 fully saturated rings. The maximum atomic E-state index is 13.3. The fraction of sp³-hybridized carbons (Fsp3) is 0.136. The van der Waals surface area contributed by atoms with E-state index in [1.54, 1.807) is 36.5 Å². The van der Waals surface area contributed by atoms with Crippen molar-refractivity contribution in [3.8, 4) is 5.69 Å². The second-order valence-corrected chi connectivity index (χ2v) is 7.04. The highest BCUT2D eigenvalue weighted by Crippen LogP contribution is 2.22. The highest BCUT2D eigenvalue weighted by Gasteiger charge is 2.16. The summed E-state index contributed by atoms with van der Waals surface area (Å²) in [5.41, 5.74) is 0.780. The number of aromatic amines is 1. The van der Waals surface area contributed by atoms with E-state index in [9.17, 15) is 24.8 Å². The maximum absolute atomic E-state index is 13.3. The molecule has 1 unspecified atom stereocenters. The van der Waals surface area contributed by atoms with E-state index in [2.05, 4.69) is 9.97 Å². The van der Waals surface area contributed by atoms with Gasteiger partial charge >= 0.3 is 0 Å². The second kappa shape index (κ2) is 8.33. The zero-order chi connectivity index (χ0) is 22.0. The SMILES string of the molecule is O=c1cc(C(O)CCc2cc3cccnc3n(-c3cccc([N+](=O)[O-])c3)c2=O)cc[nH]1. The van der Waals surface area contributed by atoms with Gasteiger partial charge in [0, 0.05) is 41.5 Å². The number of nitro groups is 1. The first-order valence-electron chi connectivity index (χ1n) is 9.55. The molecule has 0 saturated carbocycles. The number of aliphatic hydroxyl groups excluding tert-OH is 1. The molecule has 0 bridgehead atoms. The third-order valence-corrected chi connectivity index (χ3v) is 5.01. The van der Waals surface area contributed by atoms with E-state index in [0.29, 0.717) is 27.8 Å². The Balaban J connectivity index is 1.76. The number of non-ortho nitro benzene ring substituents is 1. The topological polar surface area (TPSA) is 131 Å². The largest absolute Gasteiger partial charge is 0.388 e. The zero-order valence-corrected chi connectivity index (χ0v) is 16.3. The summed E-state index contributed by atoms with van der Waals surface area (Å²) >= 11 is 0. The van der Waals surface area contributed by atoms with Crippen molar-refractivity contribution in [3.05, 3.63) is 109 Å². The third kappa shape index (κ3) is 4.12. The normalized spacial score (nSPS) is 12.0. The van der Waals surface area contributed by atoms with Crippen LogP contribution in [0.4, 0.5) is 5.69 Å². The number of nitrogens with zero attached hydrogens (tertiary/aromatic N) is 3. The van der Waals surface area contributed by atoms with Gasteiger partial charge in [0.1, 0.15) is 5.65 Å². The molecular formula is C22H18N4O5. The van der Waals surface area contributed by atoms with Crippen LogP contribution < -0.4 is 11.1 Å². The van der Waals surface area contributed by atoms with E-state index in [-0.39, 0.29) is 29.6 Å². The average molecular weight is 418 g/mol. The zero-order valence-electron chi connectivity index (χ0n) is 16.3. The molecule has 0 aliphatic rings. The molecule has 0 amide bonds. The molecule has 31 heavy (non-hydrogen) atoms. The van der Waals surface area contributed by atoms with Crippen molar-refractivity contribution in [1.82, 2.24) is 14.5 Å². The molecule has 9 heteroatoms. The van der Waals surface area contributed by atoms with Crippen LogP contribution >= 0.6 is 0 Å². The molecule has 0 radical (unpaired) electrons. The van der Waals surface area contributed by atoms with E-state index >= 15 is 0 Å². The van der Waals surface area contributed by atoms with Gasteiger partial charge in [-0.25, -0.2) is 4.98 Å². The summed E-state index contributed by atoms with van der Waals surface area (Å²) in [5.74, 6) is 0. The molecule has 156 valence electrons. The molecule has 9 nitrogen and oxygen atoms in total. The number of aliphatic hydroxyl groups is 1. The Labute approximate surface area is 175 Å². The van der Waals surface area contributed by atoms with Gasteiger partial charge in [0.05, 0.1) is 16.7 Å². The number of aryl methyl sites for hydroxylation is 1. The minimum absolute atomic E-state index is 0.136. The summed E-state index contributed by atoms with van der Waals surface area (Å²) in [4.78, 5) is 42.2. The first-order chi connectivity index (χ1) is 14.9. The number of H-pyrrole nitrogens is 1. The number of nitro benzene ring substituents is 1. The number of pyridine rings is 3. The molecule has 2 N–H and O–H groups in total. The van der Waals surface area contributed by atoms with Crippen LogP contribution in [0.2, 0.25) is 0 Å². The van der Waals surface area contributed by atoms with Gasteiger partial charge in [-0.2, -0.15) is 0 Å². The van der Waals surface area contributed by atoms with Gasteiger partial charge in [0.15, 0.2) is 0 Å². The van der Waals surface area contributed by atoms with Gasteiger partial charge < -0.3 is 10.1 Å². The minimum atomic E-state index is -0.919. The molecule has 1 atom stereocenters. The van der Waals surface area contributed by atoms with Gasteiger partial charge in [-0.1, -0.05) is 6.07 Å². The predicted octanol–water partition coefficient (Wildman–Crippen LogP) is 2.65. The highest BCUT2D eigenvalue weighted by molar-refractivity contribution is 5.77. The van der Waals surface area contributed by atoms with E-state index in [0.717, 1.165) is 0 Å². The van der Waals surface area contributed by atoms with E-state index in [1.807, 2.05) is 0 Å². The van der Waals surface area contributed by atoms with Crippen LogP contribution in [0.15, 0.2) is 76.6 Å². The predicted molar refractivity (Wildman–Crippen MR) is 114 cm³/mol. The monoisotopic (exact) mass is 418 g/mol. The molecule has 0 saturated heterocycles. The molecule has 0 spiro atoms. The maximum Gasteiger partial charge on any atom is 0.271 e. The summed E-state index contributed by atoms with van der Waals surface area (Å²) in [6.45, 7) is 0. The fourth-order valence-electron chi connectivity index (χ4n) is 3.49. The first kappa shape index (κ1) is 20.2. The Morgan fingerprint density at radius 1 is 1.13 bits per heavy atom. The van der Waals surface area contributed by atoms with Gasteiger partial charge in [-0.3, -0.25) is 24.3 Å². The Morgan fingerprint density at radius 2 is 1.97 bits per heavy atom.